The number of ether oxygens (including phenoxy) is 1. The van der Waals surface area contributed by atoms with Crippen LogP contribution in [0, 0.1) is 0 Å². The van der Waals surface area contributed by atoms with Crippen LogP contribution in [0.15, 0.2) is 73.4 Å². The molecule has 4 heterocycles. The van der Waals surface area contributed by atoms with E-state index in [2.05, 4.69) is 30.8 Å². The van der Waals surface area contributed by atoms with Crippen molar-refractivity contribution in [2.24, 2.45) is 0 Å². The number of hydrogen-bond donors (Lipinski definition) is 2. The van der Waals surface area contributed by atoms with Gasteiger partial charge in [-0.2, -0.15) is 19.0 Å². The Morgan fingerprint density at radius 2 is 2.00 bits per heavy atom. The van der Waals surface area contributed by atoms with Crippen molar-refractivity contribution in [2.45, 2.75) is 19.7 Å². The van der Waals surface area contributed by atoms with Gasteiger partial charge in [-0.05, 0) is 36.4 Å². The fourth-order valence-corrected chi connectivity index (χ4v) is 3.97. The standard InChI is InChI=1S/C25H21ClF2N8O2/c26-16-5-6-21(38-25(27)28)18(12-16)22-20(33-24(37)19-14-32-36-10-3-8-31-23(19)36)15-35(34-22)11-9-29-13-17-4-1-2-7-30-17/h1-8,10,12,14-15,25,29H,9,11,13H2,(H,33,37). The first-order chi connectivity index (χ1) is 18.5. The monoisotopic (exact) mass is 538 g/mol. The van der Waals surface area contributed by atoms with Gasteiger partial charge in [-0.15, -0.1) is 0 Å². The Labute approximate surface area is 220 Å². The molecule has 0 unspecified atom stereocenters. The van der Waals surface area contributed by atoms with Crippen LogP contribution < -0.4 is 15.4 Å². The van der Waals surface area contributed by atoms with Gasteiger partial charge in [-0.1, -0.05) is 17.7 Å². The summed E-state index contributed by atoms with van der Waals surface area (Å²) in [6, 6.07) is 11.6. The summed E-state index contributed by atoms with van der Waals surface area (Å²) in [6.45, 7) is -1.56. The number of benzene rings is 1. The molecule has 38 heavy (non-hydrogen) atoms. The number of amides is 1. The van der Waals surface area contributed by atoms with E-state index in [0.717, 1.165) is 5.69 Å². The van der Waals surface area contributed by atoms with Gasteiger partial charge in [0.1, 0.15) is 17.0 Å². The average molecular weight is 539 g/mol. The first-order valence-electron chi connectivity index (χ1n) is 11.5. The van der Waals surface area contributed by atoms with E-state index in [4.69, 9.17) is 16.3 Å². The molecular formula is C25H21ClF2N8O2. The molecule has 2 N–H and O–H groups in total. The molecular weight excluding hydrogens is 518 g/mol. The van der Waals surface area contributed by atoms with E-state index in [9.17, 15) is 13.6 Å². The molecule has 5 aromatic rings. The zero-order valence-electron chi connectivity index (χ0n) is 19.8. The molecule has 194 valence electrons. The minimum absolute atomic E-state index is 0.129. The maximum absolute atomic E-state index is 13.2. The van der Waals surface area contributed by atoms with Crippen LogP contribution in [-0.2, 0) is 13.1 Å². The van der Waals surface area contributed by atoms with E-state index < -0.39 is 12.5 Å². The van der Waals surface area contributed by atoms with Gasteiger partial charge in [0, 0.05) is 48.5 Å². The molecule has 0 saturated heterocycles. The molecule has 0 aliphatic rings. The Bertz CT molecular complexity index is 1560. The van der Waals surface area contributed by atoms with Gasteiger partial charge in [0.25, 0.3) is 5.91 Å². The van der Waals surface area contributed by atoms with Gasteiger partial charge < -0.3 is 15.4 Å². The first kappa shape index (κ1) is 25.2. The van der Waals surface area contributed by atoms with Gasteiger partial charge in [0.2, 0.25) is 0 Å². The lowest BCUT2D eigenvalue weighted by Crippen LogP contribution is -2.20. The molecule has 0 saturated carbocycles. The summed E-state index contributed by atoms with van der Waals surface area (Å²) in [5.74, 6) is -0.623. The normalized spacial score (nSPS) is 11.3. The number of anilines is 1. The predicted molar refractivity (Wildman–Crippen MR) is 136 cm³/mol. The molecule has 0 bridgehead atoms. The first-order valence-corrected chi connectivity index (χ1v) is 11.9. The van der Waals surface area contributed by atoms with Crippen molar-refractivity contribution in [2.75, 3.05) is 11.9 Å². The van der Waals surface area contributed by atoms with Crippen molar-refractivity contribution in [3.63, 3.8) is 0 Å². The Balaban J connectivity index is 1.43. The van der Waals surface area contributed by atoms with Crippen LogP contribution >= 0.6 is 11.6 Å². The third-order valence-corrected chi connectivity index (χ3v) is 5.73. The summed E-state index contributed by atoms with van der Waals surface area (Å²) in [5.41, 5.74) is 2.17. The molecule has 5 rings (SSSR count). The van der Waals surface area contributed by atoms with Crippen LogP contribution in [0.5, 0.6) is 5.75 Å². The van der Waals surface area contributed by atoms with E-state index >= 15 is 0 Å². The van der Waals surface area contributed by atoms with E-state index in [1.54, 1.807) is 35.5 Å². The fourth-order valence-electron chi connectivity index (χ4n) is 3.80. The molecule has 1 amide bonds. The molecule has 0 aliphatic heterocycles. The Hall–Kier alpha value is -4.42. The van der Waals surface area contributed by atoms with Gasteiger partial charge in [-0.25, -0.2) is 9.50 Å². The SMILES string of the molecule is O=C(Nc1cn(CCNCc2ccccn2)nc1-c1cc(Cl)ccc1OC(F)F)c1cnn2cccnc12. The van der Waals surface area contributed by atoms with Crippen molar-refractivity contribution in [3.05, 3.63) is 89.7 Å². The lowest BCUT2D eigenvalue weighted by Gasteiger charge is -2.11. The van der Waals surface area contributed by atoms with Crippen LogP contribution in [0.2, 0.25) is 5.02 Å². The van der Waals surface area contributed by atoms with Crippen LogP contribution in [0.3, 0.4) is 0 Å². The summed E-state index contributed by atoms with van der Waals surface area (Å²) in [7, 11) is 0. The quantitative estimate of drug-likeness (QED) is 0.255. The Kier molecular flexibility index (Phi) is 7.52. The van der Waals surface area contributed by atoms with E-state index in [1.807, 2.05) is 18.2 Å². The summed E-state index contributed by atoms with van der Waals surface area (Å²) in [5, 5.41) is 15.1. The fraction of sp³-hybridized carbons (Fsp3) is 0.160. The van der Waals surface area contributed by atoms with Crippen molar-refractivity contribution in [1.82, 2.24) is 34.7 Å². The molecule has 4 aromatic heterocycles. The summed E-state index contributed by atoms with van der Waals surface area (Å²) >= 11 is 6.18. The number of hydrogen-bond acceptors (Lipinski definition) is 7. The molecule has 0 atom stereocenters. The smallest absolute Gasteiger partial charge is 0.387 e. The number of rotatable bonds is 10. The second-order valence-corrected chi connectivity index (χ2v) is 8.51. The maximum atomic E-state index is 13.2. The molecule has 13 heteroatoms. The lowest BCUT2D eigenvalue weighted by atomic mass is 10.1. The van der Waals surface area contributed by atoms with Crippen molar-refractivity contribution in [1.29, 1.82) is 0 Å². The van der Waals surface area contributed by atoms with Gasteiger partial charge in [-0.3, -0.25) is 14.5 Å². The number of nitrogens with zero attached hydrogens (tertiary/aromatic N) is 6. The van der Waals surface area contributed by atoms with E-state index in [0.29, 0.717) is 25.3 Å². The molecule has 1 aromatic carbocycles. The number of carbonyl (C=O) groups excluding carboxylic acids is 1. The number of pyridine rings is 1. The third kappa shape index (κ3) is 5.76. The molecule has 0 radical (unpaired) electrons. The summed E-state index contributed by atoms with van der Waals surface area (Å²) in [4.78, 5) is 21.7. The number of aromatic nitrogens is 6. The molecule has 0 fully saturated rings. The number of carbonyl (C=O) groups is 1. The number of fused-ring (bicyclic) bond motifs is 1. The van der Waals surface area contributed by atoms with Crippen LogP contribution in [0.1, 0.15) is 16.1 Å². The topological polar surface area (TPSA) is 111 Å². The summed E-state index contributed by atoms with van der Waals surface area (Å²) < 4.78 is 34.0. The Morgan fingerprint density at radius 1 is 1.13 bits per heavy atom. The van der Waals surface area contributed by atoms with Crippen LogP contribution in [0.4, 0.5) is 14.5 Å². The minimum atomic E-state index is -3.06. The second kappa shape index (κ2) is 11.3. The van der Waals surface area contributed by atoms with Gasteiger partial charge in [0.15, 0.2) is 5.65 Å². The van der Waals surface area contributed by atoms with Crippen LogP contribution in [0.25, 0.3) is 16.9 Å². The van der Waals surface area contributed by atoms with Crippen molar-refractivity contribution in [3.8, 4) is 17.0 Å². The van der Waals surface area contributed by atoms with Gasteiger partial charge in [0.05, 0.1) is 24.1 Å². The van der Waals surface area contributed by atoms with Crippen molar-refractivity contribution < 1.29 is 18.3 Å². The minimum Gasteiger partial charge on any atom is -0.434 e. The van der Waals surface area contributed by atoms with E-state index in [1.165, 1.54) is 28.9 Å². The average Bonchev–Trinajstić information content (AvgIpc) is 3.52. The number of nitrogens with one attached hydrogen (secondary N) is 2. The molecule has 0 aliphatic carbocycles. The predicted octanol–water partition coefficient (Wildman–Crippen LogP) is 4.28. The number of alkyl halides is 2. The van der Waals surface area contributed by atoms with Gasteiger partial charge >= 0.3 is 6.61 Å². The van der Waals surface area contributed by atoms with Crippen LogP contribution in [-0.4, -0.2) is 48.4 Å². The molecule has 10 nitrogen and oxygen atoms in total. The highest BCUT2D eigenvalue weighted by atomic mass is 35.5. The second-order valence-electron chi connectivity index (χ2n) is 8.07. The molecule has 0 spiro atoms. The zero-order chi connectivity index (χ0) is 26.5. The lowest BCUT2D eigenvalue weighted by molar-refractivity contribution is -0.0494. The Morgan fingerprint density at radius 3 is 2.82 bits per heavy atom. The zero-order valence-corrected chi connectivity index (χ0v) is 20.5. The summed E-state index contributed by atoms with van der Waals surface area (Å²) in [6.07, 6.45) is 7.95. The largest absolute Gasteiger partial charge is 0.434 e. The maximum Gasteiger partial charge on any atom is 0.387 e. The highest BCUT2D eigenvalue weighted by molar-refractivity contribution is 6.31. The van der Waals surface area contributed by atoms with E-state index in [-0.39, 0.29) is 33.3 Å². The highest BCUT2D eigenvalue weighted by Gasteiger charge is 2.22. The highest BCUT2D eigenvalue weighted by Crippen LogP contribution is 2.37. The third-order valence-electron chi connectivity index (χ3n) is 5.50. The number of halogens is 3. The van der Waals surface area contributed by atoms with Crippen molar-refractivity contribution >= 4 is 28.8 Å².